The van der Waals surface area contributed by atoms with Crippen molar-refractivity contribution in [1.82, 2.24) is 4.90 Å². The number of hydrogen-bond acceptors (Lipinski definition) is 4. The first-order chi connectivity index (χ1) is 10.3. The lowest BCUT2D eigenvalue weighted by atomic mass is 10.1. The number of aliphatic imine (C=N–C) groups is 1. The largest absolute Gasteiger partial charge is 0.378 e. The Morgan fingerprint density at radius 2 is 1.86 bits per heavy atom. The predicted molar refractivity (Wildman–Crippen MR) is 85.7 cm³/mol. The molecule has 1 aromatic carbocycles. The van der Waals surface area contributed by atoms with E-state index in [-0.39, 0.29) is 5.96 Å². The summed E-state index contributed by atoms with van der Waals surface area (Å²) in [4.78, 5) is 8.45. The number of nitrogens with one attached hydrogen (secondary N) is 2. The SMILES string of the molecule is C=NC(=N)Nc1ccc(N2CCN(C3COC3)CC2)cc1. The van der Waals surface area contributed by atoms with Crippen molar-refractivity contribution in [3.8, 4) is 0 Å². The van der Waals surface area contributed by atoms with Crippen molar-refractivity contribution in [2.24, 2.45) is 4.99 Å². The van der Waals surface area contributed by atoms with E-state index in [1.165, 1.54) is 5.69 Å². The van der Waals surface area contributed by atoms with Gasteiger partial charge in [-0.05, 0) is 31.0 Å². The average molecular weight is 287 g/mol. The molecule has 2 heterocycles. The quantitative estimate of drug-likeness (QED) is 0.649. The topological polar surface area (TPSA) is 64.0 Å². The molecule has 0 aromatic heterocycles. The second-order valence-electron chi connectivity index (χ2n) is 5.39. The minimum Gasteiger partial charge on any atom is -0.378 e. The summed E-state index contributed by atoms with van der Waals surface area (Å²) in [6, 6.07) is 8.75. The van der Waals surface area contributed by atoms with E-state index >= 15 is 0 Å². The lowest BCUT2D eigenvalue weighted by molar-refractivity contribution is -0.0660. The Hall–Kier alpha value is -1.92. The fourth-order valence-corrected chi connectivity index (χ4v) is 2.71. The number of rotatable bonds is 3. The maximum atomic E-state index is 7.44. The zero-order valence-corrected chi connectivity index (χ0v) is 12.1. The van der Waals surface area contributed by atoms with Crippen LogP contribution in [0.25, 0.3) is 0 Å². The van der Waals surface area contributed by atoms with Gasteiger partial charge in [0.05, 0.1) is 19.3 Å². The van der Waals surface area contributed by atoms with Gasteiger partial charge < -0.3 is 15.0 Å². The Balaban J connectivity index is 1.55. The molecule has 2 fully saturated rings. The second kappa shape index (κ2) is 6.24. The molecule has 0 saturated carbocycles. The fraction of sp³-hybridized carbons (Fsp3) is 0.467. The summed E-state index contributed by atoms with van der Waals surface area (Å²) in [5.41, 5.74) is 2.09. The van der Waals surface area contributed by atoms with Crippen molar-refractivity contribution >= 4 is 24.1 Å². The molecule has 2 saturated heterocycles. The maximum Gasteiger partial charge on any atom is 0.219 e. The molecule has 0 unspecified atom stereocenters. The standard InChI is InChI=1S/C15H21N5O/c1-17-15(16)18-12-2-4-13(5-3-12)19-6-8-20(9-7-19)14-10-21-11-14/h2-5,14H,1,6-11H2,(H2,16,18). The Bertz CT molecular complexity index is 503. The van der Waals surface area contributed by atoms with Crippen molar-refractivity contribution < 1.29 is 4.74 Å². The van der Waals surface area contributed by atoms with Crippen molar-refractivity contribution in [2.45, 2.75) is 6.04 Å². The zero-order valence-electron chi connectivity index (χ0n) is 12.1. The highest BCUT2D eigenvalue weighted by Crippen LogP contribution is 2.21. The lowest BCUT2D eigenvalue weighted by Gasteiger charge is -2.43. The van der Waals surface area contributed by atoms with Crippen LogP contribution in [0.15, 0.2) is 29.3 Å². The summed E-state index contributed by atoms with van der Waals surface area (Å²) in [5, 5.41) is 10.3. The van der Waals surface area contributed by atoms with Gasteiger partial charge in [-0.1, -0.05) is 0 Å². The van der Waals surface area contributed by atoms with E-state index in [1.807, 2.05) is 12.1 Å². The minimum absolute atomic E-state index is 0.0686. The van der Waals surface area contributed by atoms with Crippen molar-refractivity contribution in [3.63, 3.8) is 0 Å². The Morgan fingerprint density at radius 1 is 1.19 bits per heavy atom. The van der Waals surface area contributed by atoms with Gasteiger partial charge in [0, 0.05) is 37.6 Å². The summed E-state index contributed by atoms with van der Waals surface area (Å²) in [7, 11) is 0. The third-order valence-corrected chi connectivity index (χ3v) is 4.10. The molecule has 0 atom stereocenters. The first kappa shape index (κ1) is 14.0. The number of nitrogens with zero attached hydrogens (tertiary/aromatic N) is 3. The van der Waals surface area contributed by atoms with E-state index in [0.29, 0.717) is 6.04 Å². The molecule has 0 aliphatic carbocycles. The third kappa shape index (κ3) is 3.22. The van der Waals surface area contributed by atoms with E-state index in [4.69, 9.17) is 10.1 Å². The van der Waals surface area contributed by atoms with Crippen molar-refractivity contribution in [3.05, 3.63) is 24.3 Å². The van der Waals surface area contributed by atoms with Crippen LogP contribution in [0.1, 0.15) is 0 Å². The highest BCUT2D eigenvalue weighted by molar-refractivity contribution is 5.94. The van der Waals surface area contributed by atoms with Crippen LogP contribution in [0.3, 0.4) is 0 Å². The van der Waals surface area contributed by atoms with Crippen LogP contribution in [0.5, 0.6) is 0 Å². The molecule has 2 aliphatic heterocycles. The lowest BCUT2D eigenvalue weighted by Crippen LogP contribution is -2.56. The van der Waals surface area contributed by atoms with Gasteiger partial charge in [0.1, 0.15) is 0 Å². The highest BCUT2D eigenvalue weighted by atomic mass is 16.5. The zero-order chi connectivity index (χ0) is 14.7. The summed E-state index contributed by atoms with van der Waals surface area (Å²) in [5.74, 6) is 0.0686. The van der Waals surface area contributed by atoms with Crippen LogP contribution in [0, 0.1) is 5.41 Å². The van der Waals surface area contributed by atoms with Gasteiger partial charge in [-0.15, -0.1) is 0 Å². The molecule has 1 aromatic rings. The second-order valence-corrected chi connectivity index (χ2v) is 5.39. The smallest absolute Gasteiger partial charge is 0.219 e. The van der Waals surface area contributed by atoms with Gasteiger partial charge in [0.15, 0.2) is 0 Å². The normalized spacial score (nSPS) is 19.9. The average Bonchev–Trinajstić information content (AvgIpc) is 2.47. The predicted octanol–water partition coefficient (Wildman–Crippen LogP) is 1.25. The molecule has 0 bridgehead atoms. The monoisotopic (exact) mass is 287 g/mol. The molecule has 2 aliphatic rings. The number of piperazine rings is 1. The molecule has 6 nitrogen and oxygen atoms in total. The number of ether oxygens (including phenoxy) is 1. The maximum absolute atomic E-state index is 7.44. The number of anilines is 2. The number of hydrogen-bond donors (Lipinski definition) is 2. The van der Waals surface area contributed by atoms with E-state index in [1.54, 1.807) is 0 Å². The van der Waals surface area contributed by atoms with Crippen molar-refractivity contribution in [2.75, 3.05) is 49.6 Å². The molecule has 3 rings (SSSR count). The fourth-order valence-electron chi connectivity index (χ4n) is 2.71. The van der Waals surface area contributed by atoms with Gasteiger partial charge in [-0.2, -0.15) is 0 Å². The number of benzene rings is 1. The first-order valence-electron chi connectivity index (χ1n) is 7.25. The van der Waals surface area contributed by atoms with Crippen LogP contribution < -0.4 is 10.2 Å². The first-order valence-corrected chi connectivity index (χ1v) is 7.25. The summed E-state index contributed by atoms with van der Waals surface area (Å²) < 4.78 is 5.26. The van der Waals surface area contributed by atoms with Crippen LogP contribution in [-0.4, -0.2) is 63.0 Å². The minimum atomic E-state index is 0.0686. The van der Waals surface area contributed by atoms with Gasteiger partial charge in [0.25, 0.3) is 0 Å². The van der Waals surface area contributed by atoms with Crippen LogP contribution in [-0.2, 0) is 4.74 Å². The molecule has 0 spiro atoms. The van der Waals surface area contributed by atoms with Gasteiger partial charge in [-0.25, -0.2) is 4.99 Å². The summed E-state index contributed by atoms with van der Waals surface area (Å²) in [6.45, 7) is 9.40. The molecule has 21 heavy (non-hydrogen) atoms. The van der Waals surface area contributed by atoms with Gasteiger partial charge in [0.2, 0.25) is 5.96 Å². The van der Waals surface area contributed by atoms with Crippen LogP contribution in [0.4, 0.5) is 11.4 Å². The molecule has 0 amide bonds. The summed E-state index contributed by atoms with van der Waals surface area (Å²) in [6.07, 6.45) is 0. The molecular formula is C15H21N5O. The van der Waals surface area contributed by atoms with E-state index in [2.05, 4.69) is 39.0 Å². The molecule has 0 radical (unpaired) electrons. The van der Waals surface area contributed by atoms with Crippen LogP contribution in [0.2, 0.25) is 0 Å². The molecule has 6 heteroatoms. The van der Waals surface area contributed by atoms with E-state index in [0.717, 1.165) is 45.1 Å². The molecule has 2 N–H and O–H groups in total. The Labute approximate surface area is 124 Å². The number of guanidine groups is 1. The van der Waals surface area contributed by atoms with E-state index < -0.39 is 0 Å². The Kier molecular flexibility index (Phi) is 4.17. The van der Waals surface area contributed by atoms with Gasteiger partial charge in [-0.3, -0.25) is 10.3 Å². The van der Waals surface area contributed by atoms with Gasteiger partial charge >= 0.3 is 0 Å². The summed E-state index contributed by atoms with van der Waals surface area (Å²) >= 11 is 0. The molecular weight excluding hydrogens is 266 g/mol. The Morgan fingerprint density at radius 3 is 2.38 bits per heavy atom. The highest BCUT2D eigenvalue weighted by Gasteiger charge is 2.28. The van der Waals surface area contributed by atoms with Crippen LogP contribution >= 0.6 is 0 Å². The third-order valence-electron chi connectivity index (χ3n) is 4.10. The van der Waals surface area contributed by atoms with E-state index in [9.17, 15) is 0 Å². The molecule has 112 valence electrons. The van der Waals surface area contributed by atoms with Crippen molar-refractivity contribution in [1.29, 1.82) is 5.41 Å².